The second-order valence-corrected chi connectivity index (χ2v) is 3.90. The van der Waals surface area contributed by atoms with Crippen molar-refractivity contribution in [1.29, 1.82) is 0 Å². The Hall–Kier alpha value is -2.13. The maximum absolute atomic E-state index is 10.8. The van der Waals surface area contributed by atoms with E-state index in [1.807, 2.05) is 30.3 Å². The van der Waals surface area contributed by atoms with E-state index < -0.39 is 12.1 Å². The summed E-state index contributed by atoms with van der Waals surface area (Å²) in [5, 5.41) is 9.75. The predicted octanol–water partition coefficient (Wildman–Crippen LogP) is 0.911. The number of carboxylic acid groups (broad SMARTS) is 1. The van der Waals surface area contributed by atoms with Crippen molar-refractivity contribution in [2.24, 2.45) is 5.73 Å². The molecule has 0 saturated heterocycles. The van der Waals surface area contributed by atoms with Crippen molar-refractivity contribution in [1.82, 2.24) is 5.32 Å². The van der Waals surface area contributed by atoms with Gasteiger partial charge in [0.25, 0.3) is 0 Å². The van der Waals surface area contributed by atoms with Crippen LogP contribution < -0.4 is 11.1 Å². The minimum absolute atomic E-state index is 0.0265. The summed E-state index contributed by atoms with van der Waals surface area (Å²) < 4.78 is 37.1. The van der Waals surface area contributed by atoms with Crippen molar-refractivity contribution in [3.8, 4) is 0 Å². The molecule has 0 saturated carbocycles. The number of alkyl halides is 3. The summed E-state index contributed by atoms with van der Waals surface area (Å²) in [4.78, 5) is 19.6. The summed E-state index contributed by atoms with van der Waals surface area (Å²) in [6.07, 6.45) is -5.08. The van der Waals surface area contributed by atoms with Crippen molar-refractivity contribution >= 4 is 11.9 Å². The zero-order valence-electron chi connectivity index (χ0n) is 11.6. The molecule has 0 spiro atoms. The monoisotopic (exact) mass is 322 g/mol. The average Bonchev–Trinajstić information content (AvgIpc) is 2.47. The number of nitrogens with two attached hydrogens (primary N) is 1. The Morgan fingerprint density at radius 2 is 1.77 bits per heavy atom. The molecule has 0 fully saturated rings. The van der Waals surface area contributed by atoms with E-state index in [4.69, 9.17) is 20.4 Å². The van der Waals surface area contributed by atoms with E-state index >= 15 is 0 Å². The number of carboxylic acids is 1. The molecule has 0 aliphatic carbocycles. The van der Waals surface area contributed by atoms with Crippen LogP contribution in [0.4, 0.5) is 13.2 Å². The quantitative estimate of drug-likeness (QED) is 0.676. The number of rotatable bonds is 6. The third-order valence-corrected chi connectivity index (χ3v) is 2.11. The number of aliphatic carboxylic acids is 1. The summed E-state index contributed by atoms with van der Waals surface area (Å²) in [5.41, 5.74) is 6.25. The topological polar surface area (TPSA) is 102 Å². The molecule has 0 heterocycles. The lowest BCUT2D eigenvalue weighted by molar-refractivity contribution is -0.192. The molecule has 0 bridgehead atoms. The number of ether oxygens (including phenoxy) is 1. The van der Waals surface area contributed by atoms with Crippen LogP contribution in [0, 0.1) is 0 Å². The van der Waals surface area contributed by atoms with Gasteiger partial charge in [-0.3, -0.25) is 4.79 Å². The first-order valence-electron chi connectivity index (χ1n) is 6.16. The Bertz CT molecular complexity index is 452. The summed E-state index contributed by atoms with van der Waals surface area (Å²) in [5.74, 6) is -2.91. The Morgan fingerprint density at radius 3 is 2.23 bits per heavy atom. The first kappa shape index (κ1) is 19.9. The number of carbonyl (C=O) groups excluding carboxylic acids is 1. The molecule has 1 aromatic carbocycles. The van der Waals surface area contributed by atoms with Gasteiger partial charge in [0.2, 0.25) is 5.91 Å². The lowest BCUT2D eigenvalue weighted by atomic mass is 10.2. The minimum Gasteiger partial charge on any atom is -0.475 e. The SMILES string of the molecule is NCC(=O)NCCOCc1ccccc1.O=C(O)C(F)(F)F. The van der Waals surface area contributed by atoms with E-state index in [2.05, 4.69) is 5.32 Å². The average molecular weight is 322 g/mol. The first-order valence-corrected chi connectivity index (χ1v) is 6.16. The number of carbonyl (C=O) groups is 2. The van der Waals surface area contributed by atoms with Gasteiger partial charge in [-0.25, -0.2) is 4.79 Å². The van der Waals surface area contributed by atoms with E-state index in [0.29, 0.717) is 19.8 Å². The summed E-state index contributed by atoms with van der Waals surface area (Å²) in [6, 6.07) is 9.89. The van der Waals surface area contributed by atoms with Crippen LogP contribution in [-0.4, -0.2) is 42.9 Å². The third kappa shape index (κ3) is 10.6. The zero-order chi connectivity index (χ0) is 17.0. The number of hydrogen-bond acceptors (Lipinski definition) is 4. The van der Waals surface area contributed by atoms with Crippen molar-refractivity contribution in [2.45, 2.75) is 12.8 Å². The Kier molecular flexibility index (Phi) is 9.55. The highest BCUT2D eigenvalue weighted by Crippen LogP contribution is 2.13. The van der Waals surface area contributed by atoms with Crippen molar-refractivity contribution in [3.63, 3.8) is 0 Å². The van der Waals surface area contributed by atoms with Gasteiger partial charge in [0, 0.05) is 6.54 Å². The number of halogens is 3. The van der Waals surface area contributed by atoms with Gasteiger partial charge in [-0.05, 0) is 5.56 Å². The van der Waals surface area contributed by atoms with Crippen LogP contribution >= 0.6 is 0 Å². The minimum atomic E-state index is -5.08. The molecule has 0 aliphatic heterocycles. The molecule has 1 aromatic rings. The van der Waals surface area contributed by atoms with Crippen LogP contribution in [0.3, 0.4) is 0 Å². The zero-order valence-corrected chi connectivity index (χ0v) is 11.6. The lowest BCUT2D eigenvalue weighted by Gasteiger charge is -2.05. The Balaban J connectivity index is 0.000000534. The molecule has 0 aromatic heterocycles. The number of benzene rings is 1. The number of hydrogen-bond donors (Lipinski definition) is 3. The smallest absolute Gasteiger partial charge is 0.475 e. The van der Waals surface area contributed by atoms with Gasteiger partial charge in [0.1, 0.15) is 0 Å². The van der Waals surface area contributed by atoms with Crippen molar-refractivity contribution in [2.75, 3.05) is 19.7 Å². The Morgan fingerprint density at radius 1 is 1.23 bits per heavy atom. The molecule has 0 aliphatic rings. The molecular formula is C13H17F3N2O4. The van der Waals surface area contributed by atoms with Gasteiger partial charge in [-0.2, -0.15) is 13.2 Å². The molecule has 4 N–H and O–H groups in total. The fourth-order valence-corrected chi connectivity index (χ4v) is 1.10. The molecule has 9 heteroatoms. The fraction of sp³-hybridized carbons (Fsp3) is 0.385. The van der Waals surface area contributed by atoms with Gasteiger partial charge >= 0.3 is 12.1 Å². The largest absolute Gasteiger partial charge is 0.490 e. The second kappa shape index (κ2) is 10.6. The molecular weight excluding hydrogens is 305 g/mol. The maximum atomic E-state index is 10.8. The van der Waals surface area contributed by atoms with Crippen LogP contribution in [0.15, 0.2) is 30.3 Å². The molecule has 1 amide bonds. The van der Waals surface area contributed by atoms with Crippen molar-refractivity contribution < 1.29 is 32.6 Å². The van der Waals surface area contributed by atoms with Crippen LogP contribution in [0.5, 0.6) is 0 Å². The number of nitrogens with one attached hydrogen (secondary N) is 1. The first-order chi connectivity index (χ1) is 10.3. The van der Waals surface area contributed by atoms with Crippen molar-refractivity contribution in [3.05, 3.63) is 35.9 Å². The van der Waals surface area contributed by atoms with Gasteiger partial charge in [0.15, 0.2) is 0 Å². The van der Waals surface area contributed by atoms with Gasteiger partial charge in [-0.15, -0.1) is 0 Å². The van der Waals surface area contributed by atoms with Gasteiger partial charge in [-0.1, -0.05) is 30.3 Å². The highest BCUT2D eigenvalue weighted by Gasteiger charge is 2.38. The van der Waals surface area contributed by atoms with E-state index in [0.717, 1.165) is 5.56 Å². The highest BCUT2D eigenvalue weighted by atomic mass is 19.4. The van der Waals surface area contributed by atoms with E-state index in [1.54, 1.807) is 0 Å². The summed E-state index contributed by atoms with van der Waals surface area (Å²) >= 11 is 0. The lowest BCUT2D eigenvalue weighted by Crippen LogP contribution is -2.32. The Labute approximate surface area is 125 Å². The van der Waals surface area contributed by atoms with E-state index in [-0.39, 0.29) is 12.5 Å². The van der Waals surface area contributed by atoms with E-state index in [9.17, 15) is 18.0 Å². The number of amides is 1. The fourth-order valence-electron chi connectivity index (χ4n) is 1.10. The predicted molar refractivity (Wildman–Crippen MR) is 71.9 cm³/mol. The molecule has 0 unspecified atom stereocenters. The van der Waals surface area contributed by atoms with Crippen LogP contribution in [0.1, 0.15) is 5.56 Å². The molecule has 6 nitrogen and oxygen atoms in total. The third-order valence-electron chi connectivity index (χ3n) is 2.11. The van der Waals surface area contributed by atoms with Gasteiger partial charge < -0.3 is 20.9 Å². The molecule has 22 heavy (non-hydrogen) atoms. The molecule has 1 rings (SSSR count). The molecule has 0 radical (unpaired) electrons. The summed E-state index contributed by atoms with van der Waals surface area (Å²) in [6.45, 7) is 1.60. The second-order valence-electron chi connectivity index (χ2n) is 3.90. The normalized spacial score (nSPS) is 10.4. The van der Waals surface area contributed by atoms with Crippen LogP contribution in [0.25, 0.3) is 0 Å². The van der Waals surface area contributed by atoms with Gasteiger partial charge in [0.05, 0.1) is 19.8 Å². The highest BCUT2D eigenvalue weighted by molar-refractivity contribution is 5.77. The summed E-state index contributed by atoms with van der Waals surface area (Å²) in [7, 11) is 0. The molecule has 0 atom stereocenters. The maximum Gasteiger partial charge on any atom is 0.490 e. The molecule has 124 valence electrons. The van der Waals surface area contributed by atoms with Crippen LogP contribution in [-0.2, 0) is 20.9 Å². The van der Waals surface area contributed by atoms with Crippen LogP contribution in [0.2, 0.25) is 0 Å². The van der Waals surface area contributed by atoms with E-state index in [1.165, 1.54) is 0 Å². The standard InChI is InChI=1S/C11H16N2O2.C2HF3O2/c12-8-11(14)13-6-7-15-9-10-4-2-1-3-5-10;3-2(4,5)1(6)7/h1-5H,6-9,12H2,(H,13,14);(H,6,7).